The predicted octanol–water partition coefficient (Wildman–Crippen LogP) is -1.05. The normalized spacial score (nSPS) is 19.9. The van der Waals surface area contributed by atoms with E-state index in [1.807, 2.05) is 20.8 Å². The molecule has 0 bridgehead atoms. The van der Waals surface area contributed by atoms with Gasteiger partial charge in [0.15, 0.2) is 6.10 Å². The van der Waals surface area contributed by atoms with Gasteiger partial charge in [0.25, 0.3) is 0 Å². The fourth-order valence-corrected chi connectivity index (χ4v) is 1.31. The topological polar surface area (TPSA) is 118 Å². The molecule has 0 aromatic carbocycles. The third-order valence-electron chi connectivity index (χ3n) is 2.14. The van der Waals surface area contributed by atoms with E-state index < -0.39 is 30.4 Å². The maximum Gasteiger partial charge on any atom is 0.335 e. The Balaban J connectivity index is 4.43. The van der Waals surface area contributed by atoms with Crippen LogP contribution in [0.4, 0.5) is 0 Å². The highest BCUT2D eigenvalue weighted by Gasteiger charge is 2.35. The summed E-state index contributed by atoms with van der Waals surface area (Å²) in [4.78, 5) is 10.4. The number of carboxylic acid groups (broad SMARTS) is 1. The summed E-state index contributed by atoms with van der Waals surface area (Å²) < 4.78 is 0. The molecule has 0 aliphatic heterocycles. The minimum atomic E-state index is -2.11. The van der Waals surface area contributed by atoms with Crippen LogP contribution in [0.25, 0.3) is 0 Å². The van der Waals surface area contributed by atoms with Crippen molar-refractivity contribution in [2.75, 3.05) is 0 Å². The number of rotatable bonds is 5. The van der Waals surface area contributed by atoms with Crippen LogP contribution in [0.3, 0.4) is 0 Å². The van der Waals surface area contributed by atoms with Crippen LogP contribution in [-0.4, -0.2) is 55.9 Å². The zero-order valence-electron chi connectivity index (χ0n) is 9.66. The van der Waals surface area contributed by atoms with Gasteiger partial charge >= 0.3 is 5.97 Å². The van der Waals surface area contributed by atoms with E-state index in [1.54, 1.807) is 0 Å². The summed E-state index contributed by atoms with van der Waals surface area (Å²) >= 11 is 0. The monoisotopic (exact) mass is 236 g/mol. The molecular weight excluding hydrogens is 216 g/mol. The van der Waals surface area contributed by atoms with Crippen molar-refractivity contribution >= 4 is 5.97 Å². The fraction of sp³-hybridized carbons (Fsp3) is 0.900. The van der Waals surface area contributed by atoms with Crippen LogP contribution in [0.2, 0.25) is 0 Å². The van der Waals surface area contributed by atoms with Gasteiger partial charge in [0.1, 0.15) is 12.2 Å². The molecule has 0 heterocycles. The molecule has 6 nitrogen and oxygen atoms in total. The van der Waals surface area contributed by atoms with Crippen LogP contribution in [0.15, 0.2) is 0 Å². The first-order valence-corrected chi connectivity index (χ1v) is 5.01. The number of aliphatic hydroxyl groups is 4. The summed E-state index contributed by atoms with van der Waals surface area (Å²) in [5, 5.41) is 45.7. The molecule has 16 heavy (non-hydrogen) atoms. The average Bonchev–Trinajstić information content (AvgIpc) is 2.11. The Morgan fingerprint density at radius 1 is 1.06 bits per heavy atom. The van der Waals surface area contributed by atoms with Crippen LogP contribution >= 0.6 is 0 Å². The van der Waals surface area contributed by atoms with Gasteiger partial charge in [-0.1, -0.05) is 20.8 Å². The van der Waals surface area contributed by atoms with Crippen molar-refractivity contribution in [3.63, 3.8) is 0 Å². The summed E-state index contributed by atoms with van der Waals surface area (Å²) in [6.45, 7) is 5.47. The third kappa shape index (κ3) is 4.89. The van der Waals surface area contributed by atoms with Gasteiger partial charge < -0.3 is 25.5 Å². The van der Waals surface area contributed by atoms with Gasteiger partial charge in [0, 0.05) is 0 Å². The summed E-state index contributed by atoms with van der Waals surface area (Å²) in [7, 11) is 0. The molecule has 96 valence electrons. The first-order chi connectivity index (χ1) is 7.06. The second-order valence-corrected chi connectivity index (χ2v) is 5.10. The van der Waals surface area contributed by atoms with Crippen molar-refractivity contribution in [2.24, 2.45) is 5.41 Å². The lowest BCUT2D eigenvalue weighted by Crippen LogP contribution is -2.48. The Hall–Kier alpha value is -0.690. The molecule has 0 saturated carbocycles. The molecule has 0 aliphatic rings. The quantitative estimate of drug-likeness (QED) is 0.416. The zero-order valence-corrected chi connectivity index (χ0v) is 9.66. The lowest BCUT2D eigenvalue weighted by atomic mass is 9.86. The smallest absolute Gasteiger partial charge is 0.335 e. The second kappa shape index (κ2) is 5.58. The highest BCUT2D eigenvalue weighted by molar-refractivity contribution is 5.72. The molecule has 4 atom stereocenters. The molecular formula is C10H20O6. The maximum atomic E-state index is 10.4. The van der Waals surface area contributed by atoms with Crippen molar-refractivity contribution in [3.8, 4) is 0 Å². The Labute approximate surface area is 94.2 Å². The summed E-state index contributed by atoms with van der Waals surface area (Å²) in [5.41, 5.74) is -0.283. The average molecular weight is 236 g/mol. The predicted molar refractivity (Wildman–Crippen MR) is 55.7 cm³/mol. The molecule has 6 heteroatoms. The molecule has 0 amide bonds. The number of hydrogen-bond donors (Lipinski definition) is 5. The first kappa shape index (κ1) is 15.3. The largest absolute Gasteiger partial charge is 0.479 e. The van der Waals surface area contributed by atoms with Gasteiger partial charge in [0.05, 0.1) is 6.10 Å². The van der Waals surface area contributed by atoms with Gasteiger partial charge in [-0.05, 0) is 11.8 Å². The van der Waals surface area contributed by atoms with Crippen LogP contribution in [0.1, 0.15) is 27.2 Å². The van der Waals surface area contributed by atoms with E-state index in [-0.39, 0.29) is 11.8 Å². The molecule has 0 spiro atoms. The summed E-state index contributed by atoms with van der Waals surface area (Å²) in [6, 6.07) is 0. The molecule has 0 unspecified atom stereocenters. The first-order valence-electron chi connectivity index (χ1n) is 5.01. The van der Waals surface area contributed by atoms with Crippen molar-refractivity contribution in [3.05, 3.63) is 0 Å². The molecule has 0 saturated heterocycles. The van der Waals surface area contributed by atoms with E-state index in [9.17, 15) is 20.1 Å². The molecule has 0 radical (unpaired) electrons. The van der Waals surface area contributed by atoms with Crippen LogP contribution in [0.5, 0.6) is 0 Å². The lowest BCUT2D eigenvalue weighted by Gasteiger charge is -2.29. The van der Waals surface area contributed by atoms with E-state index >= 15 is 0 Å². The van der Waals surface area contributed by atoms with Crippen LogP contribution < -0.4 is 0 Å². The van der Waals surface area contributed by atoms with Crippen molar-refractivity contribution < 1.29 is 30.3 Å². The van der Waals surface area contributed by atoms with E-state index in [4.69, 9.17) is 10.2 Å². The number of carbonyl (C=O) groups is 1. The van der Waals surface area contributed by atoms with Gasteiger partial charge in [-0.3, -0.25) is 0 Å². The van der Waals surface area contributed by atoms with E-state index in [2.05, 4.69) is 0 Å². The molecule has 0 fully saturated rings. The molecule has 0 rings (SSSR count). The van der Waals surface area contributed by atoms with Gasteiger partial charge in [0.2, 0.25) is 0 Å². The van der Waals surface area contributed by atoms with Gasteiger partial charge in [-0.15, -0.1) is 0 Å². The molecule has 0 aromatic rings. The SMILES string of the molecule is CC(C)(C)C[C@H](O)[C@@H](O)[C@H](O)[C@@H](O)C(=O)O. The second-order valence-electron chi connectivity index (χ2n) is 5.10. The Bertz CT molecular complexity index is 234. The fourth-order valence-electron chi connectivity index (χ4n) is 1.31. The van der Waals surface area contributed by atoms with Crippen molar-refractivity contribution in [1.29, 1.82) is 0 Å². The molecule has 0 aliphatic carbocycles. The molecule has 5 N–H and O–H groups in total. The van der Waals surface area contributed by atoms with Crippen molar-refractivity contribution in [1.82, 2.24) is 0 Å². The van der Waals surface area contributed by atoms with Gasteiger partial charge in [-0.2, -0.15) is 0 Å². The number of carboxylic acids is 1. The minimum absolute atomic E-state index is 0.178. The maximum absolute atomic E-state index is 10.4. The zero-order chi connectivity index (χ0) is 13.1. The van der Waals surface area contributed by atoms with Crippen molar-refractivity contribution in [2.45, 2.75) is 51.6 Å². The van der Waals surface area contributed by atoms with Crippen LogP contribution in [-0.2, 0) is 4.79 Å². The lowest BCUT2D eigenvalue weighted by molar-refractivity contribution is -0.163. The number of aliphatic carboxylic acids is 1. The number of hydrogen-bond acceptors (Lipinski definition) is 5. The minimum Gasteiger partial charge on any atom is -0.479 e. The Morgan fingerprint density at radius 3 is 1.81 bits per heavy atom. The number of aliphatic hydroxyl groups excluding tert-OH is 4. The van der Waals surface area contributed by atoms with Gasteiger partial charge in [-0.25, -0.2) is 4.79 Å². The highest BCUT2D eigenvalue weighted by Crippen LogP contribution is 2.23. The summed E-state index contributed by atoms with van der Waals surface area (Å²) in [5.74, 6) is -1.64. The van der Waals surface area contributed by atoms with E-state index in [1.165, 1.54) is 0 Å². The van der Waals surface area contributed by atoms with E-state index in [0.29, 0.717) is 0 Å². The van der Waals surface area contributed by atoms with E-state index in [0.717, 1.165) is 0 Å². The van der Waals surface area contributed by atoms with Crippen LogP contribution in [0, 0.1) is 5.41 Å². The molecule has 0 aromatic heterocycles. The summed E-state index contributed by atoms with van der Waals surface area (Å²) in [6.07, 6.45) is -6.81. The standard InChI is InChI=1S/C10H20O6/c1-10(2,3)4-5(11)6(12)7(13)8(14)9(15)16/h5-8,11-14H,4H2,1-3H3,(H,15,16)/t5-,6+,7-,8+/m0/s1. The highest BCUT2D eigenvalue weighted by atomic mass is 16.4. The third-order valence-corrected chi connectivity index (χ3v) is 2.14. The Morgan fingerprint density at radius 2 is 1.50 bits per heavy atom. The Kier molecular flexibility index (Phi) is 5.34.